The van der Waals surface area contributed by atoms with Gasteiger partial charge in [-0.25, -0.2) is 0 Å². The van der Waals surface area contributed by atoms with Crippen LogP contribution in [0.3, 0.4) is 0 Å². The molecule has 0 unspecified atom stereocenters. The van der Waals surface area contributed by atoms with Crippen LogP contribution in [0.4, 0.5) is 0 Å². The molecule has 8 nitrogen and oxygen atoms in total. The molecule has 0 radical (unpaired) electrons. The fraction of sp³-hybridized carbons (Fsp3) is 0.364. The number of ether oxygens (including phenoxy) is 5. The van der Waals surface area contributed by atoms with Crippen molar-refractivity contribution in [1.82, 2.24) is 4.57 Å². The highest BCUT2D eigenvalue weighted by atomic mass is 32.1. The number of hydrogen-bond acceptors (Lipinski definition) is 7. The van der Waals surface area contributed by atoms with Gasteiger partial charge in [0.1, 0.15) is 21.7 Å². The van der Waals surface area contributed by atoms with E-state index >= 15 is 0 Å². The summed E-state index contributed by atoms with van der Waals surface area (Å²) in [6, 6.07) is 9.17. The van der Waals surface area contributed by atoms with Gasteiger partial charge in [0, 0.05) is 13.2 Å². The van der Waals surface area contributed by atoms with Crippen LogP contribution in [0.15, 0.2) is 35.3 Å². The lowest BCUT2D eigenvalue weighted by atomic mass is 10.1. The molecular formula is C22H24N2O6S. The molecule has 1 amide bonds. The van der Waals surface area contributed by atoms with Gasteiger partial charge in [-0.2, -0.15) is 4.99 Å². The molecule has 1 aromatic heterocycles. The molecule has 9 heteroatoms. The maximum absolute atomic E-state index is 12.8. The van der Waals surface area contributed by atoms with Crippen LogP contribution in [0.1, 0.15) is 12.5 Å². The Morgan fingerprint density at radius 1 is 1.13 bits per heavy atom. The predicted molar refractivity (Wildman–Crippen MR) is 116 cm³/mol. The van der Waals surface area contributed by atoms with Crippen LogP contribution in [0, 0.1) is 0 Å². The zero-order chi connectivity index (χ0) is 21.8. The molecule has 31 heavy (non-hydrogen) atoms. The Labute approximate surface area is 183 Å². The predicted octanol–water partition coefficient (Wildman–Crippen LogP) is 3.16. The van der Waals surface area contributed by atoms with Crippen molar-refractivity contribution in [3.05, 3.63) is 40.7 Å². The van der Waals surface area contributed by atoms with Crippen LogP contribution >= 0.6 is 11.3 Å². The topological polar surface area (TPSA) is 80.5 Å². The van der Waals surface area contributed by atoms with Crippen LogP contribution < -0.4 is 23.7 Å². The van der Waals surface area contributed by atoms with Gasteiger partial charge < -0.3 is 28.3 Å². The van der Waals surface area contributed by atoms with Crippen LogP contribution in [-0.4, -0.2) is 44.7 Å². The minimum Gasteiger partial charge on any atom is -0.495 e. The summed E-state index contributed by atoms with van der Waals surface area (Å²) in [4.78, 5) is 17.8. The molecule has 0 aliphatic carbocycles. The van der Waals surface area contributed by atoms with Crippen LogP contribution in [0.25, 0.3) is 10.2 Å². The number of carbonyl (C=O) groups excluding carboxylic acids is 1. The largest absolute Gasteiger partial charge is 0.495 e. The summed E-state index contributed by atoms with van der Waals surface area (Å²) < 4.78 is 30.2. The summed E-state index contributed by atoms with van der Waals surface area (Å²) >= 11 is 1.39. The first-order valence-corrected chi connectivity index (χ1v) is 10.7. The van der Waals surface area contributed by atoms with Gasteiger partial charge in [0.05, 0.1) is 27.2 Å². The zero-order valence-electron chi connectivity index (χ0n) is 17.7. The third kappa shape index (κ3) is 4.38. The first-order valence-electron chi connectivity index (χ1n) is 9.92. The first-order chi connectivity index (χ1) is 15.1. The van der Waals surface area contributed by atoms with E-state index in [2.05, 4.69) is 4.99 Å². The molecule has 3 aromatic rings. The van der Waals surface area contributed by atoms with Crippen molar-refractivity contribution in [2.75, 3.05) is 34.2 Å². The number of benzene rings is 2. The third-order valence-corrected chi connectivity index (χ3v) is 5.96. The van der Waals surface area contributed by atoms with E-state index in [9.17, 15) is 4.79 Å². The number of carbonyl (C=O) groups is 1. The van der Waals surface area contributed by atoms with Crippen molar-refractivity contribution in [3.63, 3.8) is 0 Å². The van der Waals surface area contributed by atoms with Crippen molar-refractivity contribution in [2.24, 2.45) is 4.99 Å². The maximum atomic E-state index is 12.8. The number of rotatable bonds is 8. The average molecular weight is 445 g/mol. The SMILES string of the molecule is CCOCCn1c(=NC(=O)Cc2ccc3c(c2)OCO3)sc2c(OC)ccc(OC)c21. The lowest BCUT2D eigenvalue weighted by molar-refractivity contribution is -0.117. The molecule has 0 bridgehead atoms. The van der Waals surface area contributed by atoms with Gasteiger partial charge in [0.25, 0.3) is 5.91 Å². The monoisotopic (exact) mass is 444 g/mol. The minimum atomic E-state index is -0.256. The molecule has 164 valence electrons. The van der Waals surface area contributed by atoms with E-state index < -0.39 is 0 Å². The van der Waals surface area contributed by atoms with E-state index in [0.29, 0.717) is 47.6 Å². The Hall–Kier alpha value is -3.04. The second kappa shape index (κ2) is 9.40. The standard InChI is InChI=1S/C22H24N2O6S/c1-4-28-10-9-24-20-16(26-2)7-8-17(27-3)21(20)31-22(24)23-19(25)12-14-5-6-15-18(11-14)30-13-29-15/h5-8,11H,4,9-10,12-13H2,1-3H3. The van der Waals surface area contributed by atoms with E-state index in [1.807, 2.05) is 41.8 Å². The Morgan fingerprint density at radius 2 is 1.90 bits per heavy atom. The fourth-order valence-corrected chi connectivity index (χ4v) is 4.60. The van der Waals surface area contributed by atoms with Crippen molar-refractivity contribution >= 4 is 27.5 Å². The van der Waals surface area contributed by atoms with Gasteiger partial charge in [0.15, 0.2) is 16.3 Å². The smallest absolute Gasteiger partial charge is 0.252 e. The third-order valence-electron chi connectivity index (χ3n) is 4.87. The number of thiazole rings is 1. The average Bonchev–Trinajstić information content (AvgIpc) is 3.38. The lowest BCUT2D eigenvalue weighted by Gasteiger charge is -2.10. The van der Waals surface area contributed by atoms with Crippen LogP contribution in [0.2, 0.25) is 0 Å². The molecular weight excluding hydrogens is 420 g/mol. The van der Waals surface area contributed by atoms with Crippen molar-refractivity contribution in [1.29, 1.82) is 0 Å². The number of aromatic nitrogens is 1. The highest BCUT2D eigenvalue weighted by molar-refractivity contribution is 7.16. The summed E-state index contributed by atoms with van der Waals surface area (Å²) in [6.07, 6.45) is 0.157. The number of amides is 1. The second-order valence-electron chi connectivity index (χ2n) is 6.75. The second-order valence-corrected chi connectivity index (χ2v) is 7.73. The van der Waals surface area contributed by atoms with E-state index in [4.69, 9.17) is 23.7 Å². The van der Waals surface area contributed by atoms with E-state index in [-0.39, 0.29) is 19.1 Å². The quantitative estimate of drug-likeness (QED) is 0.497. The Bertz CT molecular complexity index is 1170. The van der Waals surface area contributed by atoms with Gasteiger partial charge in [-0.3, -0.25) is 4.79 Å². The lowest BCUT2D eigenvalue weighted by Crippen LogP contribution is -2.20. The highest BCUT2D eigenvalue weighted by Crippen LogP contribution is 2.35. The van der Waals surface area contributed by atoms with Crippen molar-refractivity contribution in [3.8, 4) is 23.0 Å². The van der Waals surface area contributed by atoms with Gasteiger partial charge in [-0.1, -0.05) is 17.4 Å². The van der Waals surface area contributed by atoms with Gasteiger partial charge in [-0.15, -0.1) is 0 Å². The van der Waals surface area contributed by atoms with Crippen molar-refractivity contribution in [2.45, 2.75) is 19.9 Å². The highest BCUT2D eigenvalue weighted by Gasteiger charge is 2.18. The van der Waals surface area contributed by atoms with Crippen LogP contribution in [-0.2, 0) is 22.5 Å². The van der Waals surface area contributed by atoms with Gasteiger partial charge >= 0.3 is 0 Å². The summed E-state index contributed by atoms with van der Waals surface area (Å²) in [6.45, 7) is 3.78. The van der Waals surface area contributed by atoms with Gasteiger partial charge in [-0.05, 0) is 36.8 Å². The number of fused-ring (bicyclic) bond motifs is 2. The minimum absolute atomic E-state index is 0.157. The summed E-state index contributed by atoms with van der Waals surface area (Å²) in [5, 5.41) is 0. The molecule has 1 aliphatic rings. The maximum Gasteiger partial charge on any atom is 0.252 e. The molecule has 1 aliphatic heterocycles. The zero-order valence-corrected chi connectivity index (χ0v) is 18.5. The first kappa shape index (κ1) is 21.2. The van der Waals surface area contributed by atoms with Crippen molar-refractivity contribution < 1.29 is 28.5 Å². The molecule has 0 atom stereocenters. The molecule has 4 rings (SSSR count). The fourth-order valence-electron chi connectivity index (χ4n) is 3.42. The Balaban J connectivity index is 1.73. The normalized spacial score (nSPS) is 13.1. The number of methoxy groups -OCH3 is 2. The molecule has 2 aromatic carbocycles. The molecule has 0 saturated carbocycles. The summed E-state index contributed by atoms with van der Waals surface area (Å²) in [5.74, 6) is 2.47. The van der Waals surface area contributed by atoms with E-state index in [0.717, 1.165) is 15.8 Å². The number of nitrogens with zero attached hydrogens (tertiary/aromatic N) is 2. The number of hydrogen-bond donors (Lipinski definition) is 0. The molecule has 2 heterocycles. The summed E-state index contributed by atoms with van der Waals surface area (Å²) in [7, 11) is 3.24. The Morgan fingerprint density at radius 3 is 2.68 bits per heavy atom. The van der Waals surface area contributed by atoms with Gasteiger partial charge in [0.2, 0.25) is 6.79 Å². The Kier molecular flexibility index (Phi) is 6.43. The van der Waals surface area contributed by atoms with Crippen LogP contribution in [0.5, 0.6) is 23.0 Å². The van der Waals surface area contributed by atoms with E-state index in [1.54, 1.807) is 14.2 Å². The molecule has 0 spiro atoms. The molecule has 0 N–H and O–H groups in total. The van der Waals surface area contributed by atoms with E-state index in [1.165, 1.54) is 11.3 Å². The molecule has 0 saturated heterocycles. The molecule has 0 fully saturated rings. The summed E-state index contributed by atoms with van der Waals surface area (Å²) in [5.41, 5.74) is 1.65.